The molecule has 5 rings (SSSR count). The summed E-state index contributed by atoms with van der Waals surface area (Å²) in [5.74, 6) is 1.78. The van der Waals surface area contributed by atoms with Gasteiger partial charge in [-0.1, -0.05) is 24.3 Å². The minimum Gasteiger partial charge on any atom is -0.459 e. The molecule has 29 heavy (non-hydrogen) atoms. The SMILES string of the molecule is O=C(c1ccco1)N1CCN(c2cnnc(N3CCc4ccccc4C3)n2)CC1. The van der Waals surface area contributed by atoms with E-state index in [2.05, 4.69) is 44.3 Å². The number of furan rings is 1. The summed E-state index contributed by atoms with van der Waals surface area (Å²) in [4.78, 5) is 23.3. The molecule has 0 aliphatic carbocycles. The number of fused-ring (bicyclic) bond motifs is 1. The molecule has 0 bridgehead atoms. The Morgan fingerprint density at radius 3 is 2.55 bits per heavy atom. The fourth-order valence-electron chi connectivity index (χ4n) is 3.93. The van der Waals surface area contributed by atoms with Crippen molar-refractivity contribution in [1.29, 1.82) is 0 Å². The molecular formula is C21H22N6O2. The molecular weight excluding hydrogens is 368 g/mol. The highest BCUT2D eigenvalue weighted by atomic mass is 16.3. The fraction of sp³-hybridized carbons (Fsp3) is 0.333. The zero-order valence-electron chi connectivity index (χ0n) is 16.1. The minimum atomic E-state index is -0.0665. The fourth-order valence-corrected chi connectivity index (χ4v) is 3.93. The van der Waals surface area contributed by atoms with Crippen LogP contribution in [0.2, 0.25) is 0 Å². The topological polar surface area (TPSA) is 78.6 Å². The second-order valence-electron chi connectivity index (χ2n) is 7.31. The summed E-state index contributed by atoms with van der Waals surface area (Å²) in [5.41, 5.74) is 2.71. The van der Waals surface area contributed by atoms with E-state index in [-0.39, 0.29) is 5.91 Å². The lowest BCUT2D eigenvalue weighted by atomic mass is 10.0. The van der Waals surface area contributed by atoms with Crippen molar-refractivity contribution in [2.45, 2.75) is 13.0 Å². The maximum absolute atomic E-state index is 12.4. The molecule has 3 aromatic rings. The van der Waals surface area contributed by atoms with E-state index in [9.17, 15) is 4.79 Å². The first-order valence-electron chi connectivity index (χ1n) is 9.87. The van der Waals surface area contributed by atoms with Crippen molar-refractivity contribution in [1.82, 2.24) is 20.1 Å². The molecule has 8 heteroatoms. The molecule has 148 valence electrons. The van der Waals surface area contributed by atoms with Crippen LogP contribution in [-0.2, 0) is 13.0 Å². The van der Waals surface area contributed by atoms with E-state index in [4.69, 9.17) is 9.40 Å². The van der Waals surface area contributed by atoms with E-state index >= 15 is 0 Å². The summed E-state index contributed by atoms with van der Waals surface area (Å²) in [6.07, 6.45) is 4.21. The molecule has 4 heterocycles. The highest BCUT2D eigenvalue weighted by Gasteiger charge is 2.25. The first-order chi connectivity index (χ1) is 14.3. The average Bonchev–Trinajstić information content (AvgIpc) is 3.33. The Kier molecular flexibility index (Phi) is 4.59. The highest BCUT2D eigenvalue weighted by molar-refractivity contribution is 5.91. The largest absolute Gasteiger partial charge is 0.459 e. The number of hydrogen-bond acceptors (Lipinski definition) is 7. The Morgan fingerprint density at radius 1 is 0.931 bits per heavy atom. The Bertz CT molecular complexity index is 998. The molecule has 0 radical (unpaired) electrons. The molecule has 0 atom stereocenters. The van der Waals surface area contributed by atoms with Crippen LogP contribution >= 0.6 is 0 Å². The predicted octanol–water partition coefficient (Wildman–Crippen LogP) is 1.99. The van der Waals surface area contributed by atoms with Crippen LogP contribution in [0.25, 0.3) is 0 Å². The van der Waals surface area contributed by atoms with Crippen molar-refractivity contribution in [3.05, 3.63) is 65.7 Å². The van der Waals surface area contributed by atoms with Crippen molar-refractivity contribution in [2.75, 3.05) is 42.5 Å². The summed E-state index contributed by atoms with van der Waals surface area (Å²) < 4.78 is 5.23. The van der Waals surface area contributed by atoms with Gasteiger partial charge in [-0.05, 0) is 29.7 Å². The number of carbonyl (C=O) groups is 1. The lowest BCUT2D eigenvalue weighted by molar-refractivity contribution is 0.0714. The normalized spacial score (nSPS) is 16.6. The number of piperazine rings is 1. The number of nitrogens with zero attached hydrogens (tertiary/aromatic N) is 6. The molecule has 1 saturated heterocycles. The molecule has 0 spiro atoms. The van der Waals surface area contributed by atoms with Crippen LogP contribution in [0.1, 0.15) is 21.7 Å². The van der Waals surface area contributed by atoms with Crippen LogP contribution in [0, 0.1) is 0 Å². The molecule has 2 aliphatic rings. The maximum atomic E-state index is 12.4. The number of anilines is 2. The van der Waals surface area contributed by atoms with E-state index in [1.54, 1.807) is 18.3 Å². The van der Waals surface area contributed by atoms with Gasteiger partial charge in [0.1, 0.15) is 0 Å². The van der Waals surface area contributed by atoms with Crippen LogP contribution in [0.4, 0.5) is 11.8 Å². The van der Waals surface area contributed by atoms with Gasteiger partial charge >= 0.3 is 0 Å². The van der Waals surface area contributed by atoms with Gasteiger partial charge in [-0.15, -0.1) is 5.10 Å². The quantitative estimate of drug-likeness (QED) is 0.677. The van der Waals surface area contributed by atoms with Gasteiger partial charge in [-0.25, -0.2) is 0 Å². The number of benzene rings is 1. The monoisotopic (exact) mass is 390 g/mol. The van der Waals surface area contributed by atoms with Gasteiger partial charge in [0.2, 0.25) is 5.95 Å². The first kappa shape index (κ1) is 17.7. The van der Waals surface area contributed by atoms with Crippen molar-refractivity contribution in [2.24, 2.45) is 0 Å². The molecule has 8 nitrogen and oxygen atoms in total. The summed E-state index contributed by atoms with van der Waals surface area (Å²) in [5, 5.41) is 8.46. The van der Waals surface area contributed by atoms with Gasteiger partial charge in [0.15, 0.2) is 11.6 Å². The van der Waals surface area contributed by atoms with Gasteiger partial charge in [0.25, 0.3) is 5.91 Å². The lowest BCUT2D eigenvalue weighted by Gasteiger charge is -2.35. The van der Waals surface area contributed by atoms with Gasteiger partial charge in [0.05, 0.1) is 12.5 Å². The molecule has 1 fully saturated rings. The third-order valence-corrected chi connectivity index (χ3v) is 5.57. The third kappa shape index (κ3) is 3.53. The second-order valence-corrected chi connectivity index (χ2v) is 7.31. The van der Waals surface area contributed by atoms with Crippen LogP contribution in [-0.4, -0.2) is 58.7 Å². The van der Waals surface area contributed by atoms with E-state index in [0.717, 1.165) is 25.3 Å². The highest BCUT2D eigenvalue weighted by Crippen LogP contribution is 2.23. The smallest absolute Gasteiger partial charge is 0.289 e. The zero-order valence-corrected chi connectivity index (χ0v) is 16.1. The number of carbonyl (C=O) groups excluding carboxylic acids is 1. The van der Waals surface area contributed by atoms with Crippen molar-refractivity contribution in [3.8, 4) is 0 Å². The minimum absolute atomic E-state index is 0.0665. The average molecular weight is 390 g/mol. The third-order valence-electron chi connectivity index (χ3n) is 5.57. The van der Waals surface area contributed by atoms with Crippen LogP contribution < -0.4 is 9.80 Å². The van der Waals surface area contributed by atoms with Gasteiger partial charge in [-0.2, -0.15) is 10.1 Å². The van der Waals surface area contributed by atoms with Crippen LogP contribution in [0.5, 0.6) is 0 Å². The first-order valence-corrected chi connectivity index (χ1v) is 9.87. The Labute approximate surface area is 168 Å². The lowest BCUT2D eigenvalue weighted by Crippen LogP contribution is -2.49. The summed E-state index contributed by atoms with van der Waals surface area (Å²) in [6.45, 7) is 4.33. The van der Waals surface area contributed by atoms with E-state index in [1.165, 1.54) is 17.4 Å². The molecule has 0 N–H and O–H groups in total. The predicted molar refractivity (Wildman–Crippen MR) is 108 cm³/mol. The van der Waals surface area contributed by atoms with Crippen molar-refractivity contribution >= 4 is 17.7 Å². The number of hydrogen-bond donors (Lipinski definition) is 0. The molecule has 0 saturated carbocycles. The van der Waals surface area contributed by atoms with Crippen LogP contribution in [0.3, 0.4) is 0 Å². The number of aromatic nitrogens is 3. The van der Waals surface area contributed by atoms with Gasteiger partial charge in [-0.3, -0.25) is 4.79 Å². The number of amides is 1. The van der Waals surface area contributed by atoms with Crippen molar-refractivity contribution < 1.29 is 9.21 Å². The maximum Gasteiger partial charge on any atom is 0.289 e. The summed E-state index contributed by atoms with van der Waals surface area (Å²) >= 11 is 0. The molecule has 1 amide bonds. The van der Waals surface area contributed by atoms with E-state index in [0.29, 0.717) is 37.9 Å². The Balaban J connectivity index is 1.26. The molecule has 0 unspecified atom stereocenters. The molecule has 1 aromatic carbocycles. The standard InChI is InChI=1S/C21H22N6O2/c28-20(18-6-3-13-29-18)26-11-9-25(10-12-26)19-14-22-24-21(23-19)27-8-7-16-4-1-2-5-17(16)15-27/h1-6,13-14H,7-12,15H2. The van der Waals surface area contributed by atoms with E-state index < -0.39 is 0 Å². The van der Waals surface area contributed by atoms with Crippen LogP contribution in [0.15, 0.2) is 53.3 Å². The summed E-state index contributed by atoms with van der Waals surface area (Å²) in [6, 6.07) is 11.9. The zero-order chi connectivity index (χ0) is 19.6. The Morgan fingerprint density at radius 2 is 1.76 bits per heavy atom. The Hall–Kier alpha value is -3.42. The number of rotatable bonds is 3. The summed E-state index contributed by atoms with van der Waals surface area (Å²) in [7, 11) is 0. The van der Waals surface area contributed by atoms with Gasteiger partial charge in [0, 0.05) is 39.3 Å². The molecule has 2 aromatic heterocycles. The molecule has 2 aliphatic heterocycles. The van der Waals surface area contributed by atoms with Crippen molar-refractivity contribution in [3.63, 3.8) is 0 Å². The van der Waals surface area contributed by atoms with E-state index in [1.807, 2.05) is 4.90 Å². The van der Waals surface area contributed by atoms with Gasteiger partial charge < -0.3 is 19.1 Å². The second kappa shape index (κ2) is 7.54.